The summed E-state index contributed by atoms with van der Waals surface area (Å²) in [7, 11) is 0. The van der Waals surface area contributed by atoms with Crippen molar-refractivity contribution in [3.05, 3.63) is 33.9 Å². The zero-order valence-corrected chi connectivity index (χ0v) is 12.3. The number of rotatable bonds is 1. The molecule has 0 bridgehead atoms. The molecule has 0 saturated carbocycles. The van der Waals surface area contributed by atoms with Crippen LogP contribution in [0.2, 0.25) is 0 Å². The van der Waals surface area contributed by atoms with Crippen molar-refractivity contribution in [1.29, 1.82) is 5.26 Å². The van der Waals surface area contributed by atoms with Gasteiger partial charge in [-0.25, -0.2) is 0 Å². The van der Waals surface area contributed by atoms with Crippen LogP contribution in [-0.4, -0.2) is 4.57 Å². The molecule has 0 saturated heterocycles. The quantitative estimate of drug-likeness (QED) is 0.753. The van der Waals surface area contributed by atoms with Crippen molar-refractivity contribution in [2.75, 3.05) is 0 Å². The fraction of sp³-hybridized carbons (Fsp3) is 0.357. The maximum absolute atomic E-state index is 9.11. The van der Waals surface area contributed by atoms with Crippen LogP contribution in [-0.2, 0) is 6.54 Å². The smallest absolute Gasteiger partial charge is 0.101 e. The minimum atomic E-state index is 0.731. The van der Waals surface area contributed by atoms with E-state index >= 15 is 0 Å². The molecule has 2 nitrogen and oxygen atoms in total. The van der Waals surface area contributed by atoms with Crippen LogP contribution >= 0.6 is 15.9 Å². The van der Waals surface area contributed by atoms with Crippen LogP contribution in [0.1, 0.15) is 31.9 Å². The zero-order valence-electron chi connectivity index (χ0n) is 10.7. The Morgan fingerprint density at radius 3 is 2.53 bits per heavy atom. The molecule has 0 aliphatic heterocycles. The van der Waals surface area contributed by atoms with Crippen LogP contribution in [0.15, 0.2) is 22.8 Å². The number of hydrogen-bond acceptors (Lipinski definition) is 1. The Kier molecular flexibility index (Phi) is 4.77. The molecule has 0 unspecified atom stereocenters. The van der Waals surface area contributed by atoms with Crippen LogP contribution in [0.25, 0.3) is 10.9 Å². The van der Waals surface area contributed by atoms with Crippen molar-refractivity contribution in [3.8, 4) is 6.07 Å². The van der Waals surface area contributed by atoms with Crippen LogP contribution < -0.4 is 0 Å². The third-order valence-corrected chi connectivity index (χ3v) is 3.06. The second-order valence-electron chi connectivity index (χ2n) is 3.56. The lowest BCUT2D eigenvalue weighted by Gasteiger charge is -2.02. The maximum Gasteiger partial charge on any atom is 0.101 e. The highest BCUT2D eigenvalue weighted by Gasteiger charge is 2.10. The van der Waals surface area contributed by atoms with Gasteiger partial charge in [0.05, 0.1) is 11.1 Å². The van der Waals surface area contributed by atoms with Crippen LogP contribution in [0.3, 0.4) is 0 Å². The number of nitrogens with zero attached hydrogens (tertiary/aromatic N) is 2. The largest absolute Gasteiger partial charge is 0.346 e. The molecule has 0 radical (unpaired) electrons. The molecule has 2 aromatic rings. The first-order valence-electron chi connectivity index (χ1n) is 5.86. The van der Waals surface area contributed by atoms with E-state index in [0.29, 0.717) is 0 Å². The number of hydrogen-bond donors (Lipinski definition) is 0. The minimum Gasteiger partial charge on any atom is -0.346 e. The van der Waals surface area contributed by atoms with Gasteiger partial charge in [0.15, 0.2) is 0 Å². The van der Waals surface area contributed by atoms with Gasteiger partial charge in [0, 0.05) is 22.6 Å². The van der Waals surface area contributed by atoms with Crippen molar-refractivity contribution >= 4 is 26.8 Å². The summed E-state index contributed by atoms with van der Waals surface area (Å²) in [6.45, 7) is 9.05. The molecule has 1 aromatic carbocycles. The predicted molar refractivity (Wildman–Crippen MR) is 76.1 cm³/mol. The van der Waals surface area contributed by atoms with E-state index in [1.54, 1.807) is 0 Å². The summed E-state index contributed by atoms with van der Waals surface area (Å²) in [5.41, 5.74) is 2.99. The monoisotopic (exact) mass is 292 g/mol. The average Bonchev–Trinajstić information content (AvgIpc) is 2.68. The van der Waals surface area contributed by atoms with Gasteiger partial charge in [0.1, 0.15) is 6.07 Å². The highest BCUT2D eigenvalue weighted by atomic mass is 79.9. The van der Waals surface area contributed by atoms with E-state index < -0.39 is 0 Å². The topological polar surface area (TPSA) is 28.7 Å². The summed E-state index contributed by atoms with van der Waals surface area (Å²) in [5, 5.41) is 10.3. The first-order valence-corrected chi connectivity index (χ1v) is 6.65. The van der Waals surface area contributed by atoms with Gasteiger partial charge in [0.2, 0.25) is 0 Å². The summed E-state index contributed by atoms with van der Waals surface area (Å²) in [5.74, 6) is 0. The lowest BCUT2D eigenvalue weighted by Crippen LogP contribution is -1.93. The predicted octanol–water partition coefficient (Wildman–Crippen LogP) is 4.63. The van der Waals surface area contributed by atoms with E-state index in [1.807, 2.05) is 19.9 Å². The zero-order chi connectivity index (χ0) is 13.0. The van der Waals surface area contributed by atoms with Gasteiger partial charge in [0.25, 0.3) is 0 Å². The van der Waals surface area contributed by atoms with Crippen LogP contribution in [0.5, 0.6) is 0 Å². The molecule has 17 heavy (non-hydrogen) atoms. The van der Waals surface area contributed by atoms with E-state index in [9.17, 15) is 0 Å². The fourth-order valence-corrected chi connectivity index (χ4v) is 2.37. The lowest BCUT2D eigenvalue weighted by molar-refractivity contribution is 0.794. The molecule has 2 rings (SSSR count). The van der Waals surface area contributed by atoms with E-state index in [1.165, 1.54) is 5.56 Å². The summed E-state index contributed by atoms with van der Waals surface area (Å²) in [4.78, 5) is 0. The van der Waals surface area contributed by atoms with E-state index in [0.717, 1.165) is 27.5 Å². The van der Waals surface area contributed by atoms with Gasteiger partial charge in [-0.05, 0) is 31.5 Å². The third kappa shape index (κ3) is 2.53. The summed E-state index contributed by atoms with van der Waals surface area (Å²) in [6.07, 6.45) is 2.10. The molecule has 1 aromatic heterocycles. The Labute approximate surface area is 111 Å². The molecule has 1 heterocycles. The van der Waals surface area contributed by atoms with E-state index in [-0.39, 0.29) is 0 Å². The fourth-order valence-electron chi connectivity index (χ4n) is 1.91. The first kappa shape index (κ1) is 13.8. The molecule has 3 heteroatoms. The Balaban J connectivity index is 0.000000686. The highest BCUT2D eigenvalue weighted by molar-refractivity contribution is 9.10. The molecule has 90 valence electrons. The van der Waals surface area contributed by atoms with E-state index in [4.69, 9.17) is 5.26 Å². The van der Waals surface area contributed by atoms with Crippen molar-refractivity contribution in [2.24, 2.45) is 0 Å². The molecular formula is C14H17BrN2. The molecule has 0 N–H and O–H groups in total. The first-order chi connectivity index (χ1) is 8.17. The standard InChI is InChI=1S/C12H11BrN2.C2H6/c1-3-15-7-8(2)11-5-10(13)4-9(6-14)12(11)15;1-2/h4-5,7H,3H2,1-2H3;1-2H3. The Morgan fingerprint density at radius 1 is 1.35 bits per heavy atom. The van der Waals surface area contributed by atoms with Gasteiger partial charge < -0.3 is 4.57 Å². The third-order valence-electron chi connectivity index (χ3n) is 2.60. The molecule has 0 aliphatic rings. The number of aromatic nitrogens is 1. The molecule has 0 atom stereocenters. The molecule has 0 aliphatic carbocycles. The van der Waals surface area contributed by atoms with E-state index in [2.05, 4.69) is 52.7 Å². The molecular weight excluding hydrogens is 276 g/mol. The number of nitriles is 1. The van der Waals surface area contributed by atoms with Gasteiger partial charge in [-0.2, -0.15) is 5.26 Å². The molecule has 0 fully saturated rings. The molecule has 0 spiro atoms. The Bertz CT molecular complexity index is 562. The van der Waals surface area contributed by atoms with Gasteiger partial charge in [-0.3, -0.25) is 0 Å². The minimum absolute atomic E-state index is 0.731. The number of benzene rings is 1. The van der Waals surface area contributed by atoms with Crippen molar-refractivity contribution in [1.82, 2.24) is 4.57 Å². The Morgan fingerprint density at radius 2 is 2.00 bits per heavy atom. The number of aryl methyl sites for hydroxylation is 2. The Hall–Kier alpha value is -1.27. The highest BCUT2D eigenvalue weighted by Crippen LogP contribution is 2.28. The van der Waals surface area contributed by atoms with Crippen molar-refractivity contribution in [2.45, 2.75) is 34.2 Å². The van der Waals surface area contributed by atoms with Gasteiger partial charge in [-0.15, -0.1) is 0 Å². The second-order valence-corrected chi connectivity index (χ2v) is 4.48. The number of halogens is 1. The summed E-state index contributed by atoms with van der Waals surface area (Å²) < 4.78 is 3.08. The average molecular weight is 293 g/mol. The second kappa shape index (κ2) is 5.88. The van der Waals surface area contributed by atoms with Crippen molar-refractivity contribution in [3.63, 3.8) is 0 Å². The normalized spacial score (nSPS) is 9.65. The van der Waals surface area contributed by atoms with Gasteiger partial charge >= 0.3 is 0 Å². The number of fused-ring (bicyclic) bond motifs is 1. The van der Waals surface area contributed by atoms with Crippen molar-refractivity contribution < 1.29 is 0 Å². The lowest BCUT2D eigenvalue weighted by atomic mass is 10.1. The summed E-state index contributed by atoms with van der Waals surface area (Å²) >= 11 is 3.43. The van der Waals surface area contributed by atoms with Crippen LogP contribution in [0.4, 0.5) is 0 Å². The van der Waals surface area contributed by atoms with Gasteiger partial charge in [-0.1, -0.05) is 29.8 Å². The molecule has 0 amide bonds. The van der Waals surface area contributed by atoms with Crippen LogP contribution in [0, 0.1) is 18.3 Å². The maximum atomic E-state index is 9.11. The SMILES string of the molecule is CC.CCn1cc(C)c2cc(Br)cc(C#N)c21. The summed E-state index contributed by atoms with van der Waals surface area (Å²) in [6, 6.07) is 6.18.